The Kier molecular flexibility index (Phi) is 3.13. The Balaban J connectivity index is 4.61. The highest BCUT2D eigenvalue weighted by Crippen LogP contribution is 2.13. The highest BCUT2D eigenvalue weighted by molar-refractivity contribution is 5.93. The van der Waals surface area contributed by atoms with E-state index < -0.39 is 0 Å². The molecule has 0 rings (SSSR count). The molecule has 0 amide bonds. The van der Waals surface area contributed by atoms with Gasteiger partial charge in [0.25, 0.3) is 0 Å². The summed E-state index contributed by atoms with van der Waals surface area (Å²) >= 11 is 0. The molecule has 0 unspecified atom stereocenters. The van der Waals surface area contributed by atoms with Crippen molar-refractivity contribution in [2.24, 2.45) is 5.92 Å². The molecule has 2 nitrogen and oxygen atoms in total. The van der Waals surface area contributed by atoms with Gasteiger partial charge in [-0.2, -0.15) is 0 Å². The first-order valence-electron chi connectivity index (χ1n) is 3.37. The number of aliphatic hydroxyl groups is 1. The minimum atomic E-state index is -0.0463. The number of Topliss-reactive ketones (excluding diaryl/α,β-unsaturated/α-hetero) is 1. The first-order valence-corrected chi connectivity index (χ1v) is 3.37. The standard InChI is InChI=1S/C8H14O2/c1-5(2)8(6(3)9)7(4)10/h5,9H,1-4H3/b8-6-. The number of hydrogen-bond donors (Lipinski definition) is 1. The van der Waals surface area contributed by atoms with Gasteiger partial charge < -0.3 is 5.11 Å². The Bertz CT molecular complexity index is 162. The van der Waals surface area contributed by atoms with Gasteiger partial charge in [-0.05, 0) is 19.8 Å². The minimum absolute atomic E-state index is 0.0463. The first-order chi connectivity index (χ1) is 4.46. The molecule has 0 aromatic rings. The van der Waals surface area contributed by atoms with Crippen molar-refractivity contribution in [3.63, 3.8) is 0 Å². The van der Waals surface area contributed by atoms with Crippen LogP contribution in [0.5, 0.6) is 0 Å². The molecular weight excluding hydrogens is 128 g/mol. The maximum atomic E-state index is 10.8. The van der Waals surface area contributed by atoms with E-state index in [1.807, 2.05) is 13.8 Å². The van der Waals surface area contributed by atoms with E-state index in [1.54, 1.807) is 0 Å². The Hall–Kier alpha value is -0.790. The zero-order valence-electron chi connectivity index (χ0n) is 6.93. The van der Waals surface area contributed by atoms with Crippen molar-refractivity contribution in [3.8, 4) is 0 Å². The van der Waals surface area contributed by atoms with E-state index >= 15 is 0 Å². The second kappa shape index (κ2) is 3.40. The summed E-state index contributed by atoms with van der Waals surface area (Å²) in [5.74, 6) is 0.208. The van der Waals surface area contributed by atoms with Crippen LogP contribution in [0, 0.1) is 5.92 Å². The number of hydrogen-bond acceptors (Lipinski definition) is 2. The molecule has 0 aliphatic rings. The summed E-state index contributed by atoms with van der Waals surface area (Å²) < 4.78 is 0. The molecule has 0 saturated carbocycles. The van der Waals surface area contributed by atoms with Gasteiger partial charge in [-0.1, -0.05) is 13.8 Å². The summed E-state index contributed by atoms with van der Waals surface area (Å²) in [6.45, 7) is 6.78. The maximum Gasteiger partial charge on any atom is 0.159 e. The summed E-state index contributed by atoms with van der Waals surface area (Å²) in [4.78, 5) is 10.8. The fraction of sp³-hybridized carbons (Fsp3) is 0.625. The van der Waals surface area contributed by atoms with Crippen LogP contribution in [0.25, 0.3) is 0 Å². The van der Waals surface area contributed by atoms with E-state index in [1.165, 1.54) is 13.8 Å². The normalized spacial score (nSPS) is 13.3. The number of rotatable bonds is 2. The number of allylic oxidation sites excluding steroid dienone is 2. The van der Waals surface area contributed by atoms with Crippen LogP contribution in [-0.4, -0.2) is 10.9 Å². The Morgan fingerprint density at radius 1 is 1.30 bits per heavy atom. The summed E-state index contributed by atoms with van der Waals surface area (Å²) in [7, 11) is 0. The molecule has 0 aromatic heterocycles. The smallest absolute Gasteiger partial charge is 0.159 e. The molecule has 0 atom stereocenters. The number of carbonyl (C=O) groups is 1. The summed E-state index contributed by atoms with van der Waals surface area (Å²) in [5.41, 5.74) is 0.528. The van der Waals surface area contributed by atoms with Crippen molar-refractivity contribution in [2.45, 2.75) is 27.7 Å². The molecule has 0 heterocycles. The quantitative estimate of drug-likeness (QED) is 0.473. The summed E-state index contributed by atoms with van der Waals surface area (Å²) in [6, 6.07) is 0. The van der Waals surface area contributed by atoms with E-state index in [2.05, 4.69) is 0 Å². The van der Waals surface area contributed by atoms with E-state index in [-0.39, 0.29) is 17.5 Å². The summed E-state index contributed by atoms with van der Waals surface area (Å²) in [5, 5.41) is 9.01. The van der Waals surface area contributed by atoms with Crippen LogP contribution >= 0.6 is 0 Å². The van der Waals surface area contributed by atoms with E-state index in [9.17, 15) is 4.79 Å². The second-order valence-corrected chi connectivity index (χ2v) is 2.71. The fourth-order valence-corrected chi connectivity index (χ4v) is 1.08. The molecular formula is C8H14O2. The van der Waals surface area contributed by atoms with Gasteiger partial charge in [-0.3, -0.25) is 4.79 Å². The monoisotopic (exact) mass is 142 g/mol. The first kappa shape index (κ1) is 9.21. The molecule has 58 valence electrons. The lowest BCUT2D eigenvalue weighted by Gasteiger charge is -2.07. The van der Waals surface area contributed by atoms with E-state index in [0.29, 0.717) is 5.57 Å². The van der Waals surface area contributed by atoms with Gasteiger partial charge in [-0.25, -0.2) is 0 Å². The Labute approximate surface area is 61.6 Å². The van der Waals surface area contributed by atoms with Crippen molar-refractivity contribution in [1.82, 2.24) is 0 Å². The Morgan fingerprint density at radius 2 is 1.70 bits per heavy atom. The van der Waals surface area contributed by atoms with Crippen molar-refractivity contribution < 1.29 is 9.90 Å². The van der Waals surface area contributed by atoms with Crippen LogP contribution in [0.4, 0.5) is 0 Å². The van der Waals surface area contributed by atoms with E-state index in [4.69, 9.17) is 5.11 Å². The van der Waals surface area contributed by atoms with Gasteiger partial charge in [0.2, 0.25) is 0 Å². The Morgan fingerprint density at radius 3 is 1.70 bits per heavy atom. The SMILES string of the molecule is CC(=O)/C(=C(/C)O)C(C)C. The lowest BCUT2D eigenvalue weighted by molar-refractivity contribution is -0.114. The molecule has 0 aliphatic carbocycles. The molecule has 0 bridgehead atoms. The van der Waals surface area contributed by atoms with Crippen LogP contribution in [-0.2, 0) is 4.79 Å². The predicted molar refractivity (Wildman–Crippen MR) is 40.8 cm³/mol. The zero-order valence-corrected chi connectivity index (χ0v) is 6.93. The molecule has 0 fully saturated rings. The van der Waals surface area contributed by atoms with Crippen molar-refractivity contribution in [2.75, 3.05) is 0 Å². The zero-order chi connectivity index (χ0) is 8.31. The van der Waals surface area contributed by atoms with Gasteiger partial charge >= 0.3 is 0 Å². The largest absolute Gasteiger partial charge is 0.512 e. The lowest BCUT2D eigenvalue weighted by atomic mass is 9.99. The lowest BCUT2D eigenvalue weighted by Crippen LogP contribution is -2.06. The van der Waals surface area contributed by atoms with Gasteiger partial charge in [-0.15, -0.1) is 0 Å². The van der Waals surface area contributed by atoms with Crippen LogP contribution < -0.4 is 0 Å². The second-order valence-electron chi connectivity index (χ2n) is 2.71. The van der Waals surface area contributed by atoms with Crippen LogP contribution in [0.3, 0.4) is 0 Å². The third kappa shape index (κ3) is 2.21. The molecule has 1 N–H and O–H groups in total. The van der Waals surface area contributed by atoms with Crippen LogP contribution in [0.1, 0.15) is 27.7 Å². The highest BCUT2D eigenvalue weighted by atomic mass is 16.3. The topological polar surface area (TPSA) is 37.3 Å². The molecule has 0 spiro atoms. The number of carbonyl (C=O) groups excluding carboxylic acids is 1. The molecule has 2 heteroatoms. The van der Waals surface area contributed by atoms with Crippen LogP contribution in [0.2, 0.25) is 0 Å². The van der Waals surface area contributed by atoms with Crippen LogP contribution in [0.15, 0.2) is 11.3 Å². The predicted octanol–water partition coefficient (Wildman–Crippen LogP) is 2.06. The molecule has 0 radical (unpaired) electrons. The average molecular weight is 142 g/mol. The number of aliphatic hydroxyl groups excluding tert-OH is 1. The van der Waals surface area contributed by atoms with Gasteiger partial charge in [0.1, 0.15) is 0 Å². The maximum absolute atomic E-state index is 10.8. The molecule has 0 aromatic carbocycles. The highest BCUT2D eigenvalue weighted by Gasteiger charge is 2.11. The van der Waals surface area contributed by atoms with Gasteiger partial charge in [0.15, 0.2) is 5.78 Å². The average Bonchev–Trinajstić information content (AvgIpc) is 1.59. The summed E-state index contributed by atoms with van der Waals surface area (Å²) in [6.07, 6.45) is 0. The third-order valence-corrected chi connectivity index (χ3v) is 1.35. The molecule has 10 heavy (non-hydrogen) atoms. The van der Waals surface area contributed by atoms with E-state index in [0.717, 1.165) is 0 Å². The van der Waals surface area contributed by atoms with Crippen molar-refractivity contribution in [1.29, 1.82) is 0 Å². The molecule has 0 saturated heterocycles. The van der Waals surface area contributed by atoms with Crippen molar-refractivity contribution >= 4 is 5.78 Å². The van der Waals surface area contributed by atoms with Crippen molar-refractivity contribution in [3.05, 3.63) is 11.3 Å². The number of ketones is 1. The molecule has 0 aliphatic heterocycles. The third-order valence-electron chi connectivity index (χ3n) is 1.35. The fourth-order valence-electron chi connectivity index (χ4n) is 1.08. The van der Waals surface area contributed by atoms with Gasteiger partial charge in [0, 0.05) is 5.57 Å². The minimum Gasteiger partial charge on any atom is -0.512 e. The van der Waals surface area contributed by atoms with Gasteiger partial charge in [0.05, 0.1) is 5.76 Å².